The number of ketones is 1. The van der Waals surface area contributed by atoms with Gasteiger partial charge in [-0.05, 0) is 71.2 Å². The Morgan fingerprint density at radius 2 is 2.00 bits per heavy atom. The molecule has 3 rings (SSSR count). The molecular formula is C17H14BrIO. The molecule has 0 aliphatic heterocycles. The molecule has 1 aliphatic carbocycles. The molecule has 0 saturated heterocycles. The van der Waals surface area contributed by atoms with Crippen LogP contribution < -0.4 is 0 Å². The third-order valence-electron chi connectivity index (χ3n) is 3.88. The van der Waals surface area contributed by atoms with Gasteiger partial charge in [0.1, 0.15) is 0 Å². The maximum atomic E-state index is 12.9. The van der Waals surface area contributed by atoms with Gasteiger partial charge >= 0.3 is 0 Å². The Balaban J connectivity index is 2.02. The first kappa shape index (κ1) is 14.3. The SMILES string of the molecule is O=C(c1cc(Br)ccc1I)C1CCCc2ccccc21. The van der Waals surface area contributed by atoms with Crippen LogP contribution in [0, 0.1) is 3.57 Å². The van der Waals surface area contributed by atoms with E-state index in [2.05, 4.69) is 56.7 Å². The van der Waals surface area contributed by atoms with E-state index >= 15 is 0 Å². The van der Waals surface area contributed by atoms with E-state index < -0.39 is 0 Å². The van der Waals surface area contributed by atoms with Crippen molar-refractivity contribution in [1.82, 2.24) is 0 Å². The highest BCUT2D eigenvalue weighted by molar-refractivity contribution is 14.1. The Morgan fingerprint density at radius 3 is 2.85 bits per heavy atom. The minimum absolute atomic E-state index is 0.0164. The van der Waals surface area contributed by atoms with Gasteiger partial charge in [0.05, 0.1) is 0 Å². The molecule has 1 unspecified atom stereocenters. The first-order valence-electron chi connectivity index (χ1n) is 6.74. The summed E-state index contributed by atoms with van der Waals surface area (Å²) >= 11 is 5.71. The topological polar surface area (TPSA) is 17.1 Å². The third kappa shape index (κ3) is 2.70. The Bertz CT molecular complexity index is 666. The van der Waals surface area contributed by atoms with Crippen LogP contribution in [-0.2, 0) is 6.42 Å². The predicted molar refractivity (Wildman–Crippen MR) is 93.3 cm³/mol. The van der Waals surface area contributed by atoms with Gasteiger partial charge in [-0.3, -0.25) is 4.79 Å². The zero-order valence-electron chi connectivity index (χ0n) is 10.9. The highest BCUT2D eigenvalue weighted by atomic mass is 127. The molecule has 0 N–H and O–H groups in total. The van der Waals surface area contributed by atoms with E-state index in [4.69, 9.17) is 0 Å². The molecule has 0 aromatic heterocycles. The van der Waals surface area contributed by atoms with Gasteiger partial charge in [-0.15, -0.1) is 0 Å². The number of hydrogen-bond donors (Lipinski definition) is 0. The van der Waals surface area contributed by atoms with Crippen molar-refractivity contribution in [2.24, 2.45) is 0 Å². The molecule has 2 aromatic rings. The summed E-state index contributed by atoms with van der Waals surface area (Å²) in [5.41, 5.74) is 3.39. The van der Waals surface area contributed by atoms with Crippen molar-refractivity contribution in [3.8, 4) is 0 Å². The summed E-state index contributed by atoms with van der Waals surface area (Å²) in [4.78, 5) is 12.9. The van der Waals surface area contributed by atoms with Gasteiger partial charge in [-0.25, -0.2) is 0 Å². The van der Waals surface area contributed by atoms with Gasteiger partial charge in [-0.2, -0.15) is 0 Å². The quantitative estimate of drug-likeness (QED) is 0.454. The van der Waals surface area contributed by atoms with Crippen molar-refractivity contribution < 1.29 is 4.79 Å². The maximum Gasteiger partial charge on any atom is 0.171 e. The van der Waals surface area contributed by atoms with E-state index in [1.54, 1.807) is 0 Å². The van der Waals surface area contributed by atoms with E-state index in [1.807, 2.05) is 24.3 Å². The van der Waals surface area contributed by atoms with Crippen LogP contribution in [0.25, 0.3) is 0 Å². The fraction of sp³-hybridized carbons (Fsp3) is 0.235. The van der Waals surface area contributed by atoms with Crippen LogP contribution in [0.5, 0.6) is 0 Å². The Kier molecular flexibility index (Phi) is 4.26. The summed E-state index contributed by atoms with van der Waals surface area (Å²) in [6, 6.07) is 14.3. The first-order chi connectivity index (χ1) is 9.66. The summed E-state index contributed by atoms with van der Waals surface area (Å²) in [6.07, 6.45) is 3.14. The Morgan fingerprint density at radius 1 is 1.20 bits per heavy atom. The Labute approximate surface area is 141 Å². The standard InChI is InChI=1S/C17H14BrIO/c18-12-8-9-16(19)15(10-12)17(20)14-7-3-5-11-4-1-2-6-13(11)14/h1-2,4,6,8-10,14H,3,5,7H2. The highest BCUT2D eigenvalue weighted by Gasteiger charge is 2.28. The number of Topliss-reactive ketones (excluding diaryl/α,β-unsaturated/α-hetero) is 1. The fourth-order valence-electron chi connectivity index (χ4n) is 2.90. The van der Waals surface area contributed by atoms with Gasteiger partial charge in [0.25, 0.3) is 0 Å². The third-order valence-corrected chi connectivity index (χ3v) is 5.31. The van der Waals surface area contributed by atoms with Gasteiger partial charge in [0.15, 0.2) is 5.78 Å². The van der Waals surface area contributed by atoms with Crippen molar-refractivity contribution in [3.63, 3.8) is 0 Å². The highest BCUT2D eigenvalue weighted by Crippen LogP contribution is 2.35. The first-order valence-corrected chi connectivity index (χ1v) is 8.61. The van der Waals surface area contributed by atoms with E-state index in [0.29, 0.717) is 0 Å². The lowest BCUT2D eigenvalue weighted by Gasteiger charge is -2.24. The summed E-state index contributed by atoms with van der Waals surface area (Å²) in [6.45, 7) is 0. The number of hydrogen-bond acceptors (Lipinski definition) is 1. The number of halogens is 2. The second-order valence-corrected chi connectivity index (χ2v) is 7.21. The lowest BCUT2D eigenvalue weighted by Crippen LogP contribution is -2.19. The number of carbonyl (C=O) groups excluding carboxylic acids is 1. The largest absolute Gasteiger partial charge is 0.293 e. The summed E-state index contributed by atoms with van der Waals surface area (Å²) in [5.74, 6) is 0.269. The number of carbonyl (C=O) groups is 1. The van der Waals surface area contributed by atoms with Crippen LogP contribution >= 0.6 is 38.5 Å². The van der Waals surface area contributed by atoms with Gasteiger partial charge in [0.2, 0.25) is 0 Å². The van der Waals surface area contributed by atoms with Crippen LogP contribution in [-0.4, -0.2) is 5.78 Å². The molecule has 20 heavy (non-hydrogen) atoms. The molecule has 0 spiro atoms. The fourth-order valence-corrected chi connectivity index (χ4v) is 3.86. The second kappa shape index (κ2) is 5.98. The Hall–Kier alpha value is -0.680. The average Bonchev–Trinajstić information content (AvgIpc) is 2.48. The molecule has 1 atom stereocenters. The van der Waals surface area contributed by atoms with Crippen molar-refractivity contribution in [3.05, 3.63) is 67.2 Å². The molecule has 0 fully saturated rings. The zero-order chi connectivity index (χ0) is 14.1. The number of aryl methyl sites for hydroxylation is 1. The molecule has 0 heterocycles. The van der Waals surface area contributed by atoms with E-state index in [-0.39, 0.29) is 11.7 Å². The molecule has 0 amide bonds. The average molecular weight is 441 g/mol. The number of benzene rings is 2. The lowest BCUT2D eigenvalue weighted by molar-refractivity contribution is 0.0950. The normalized spacial score (nSPS) is 17.6. The maximum absolute atomic E-state index is 12.9. The van der Waals surface area contributed by atoms with E-state index in [0.717, 1.165) is 32.9 Å². The van der Waals surface area contributed by atoms with E-state index in [1.165, 1.54) is 11.1 Å². The van der Waals surface area contributed by atoms with Gasteiger partial charge in [0, 0.05) is 19.5 Å². The summed E-state index contributed by atoms with van der Waals surface area (Å²) in [5, 5.41) is 0. The van der Waals surface area contributed by atoms with Gasteiger partial charge < -0.3 is 0 Å². The summed E-state index contributed by atoms with van der Waals surface area (Å²) in [7, 11) is 0. The second-order valence-electron chi connectivity index (χ2n) is 5.13. The number of fused-ring (bicyclic) bond motifs is 1. The lowest BCUT2D eigenvalue weighted by atomic mass is 9.79. The molecule has 1 aliphatic rings. The van der Waals surface area contributed by atoms with Crippen molar-refractivity contribution in [2.75, 3.05) is 0 Å². The van der Waals surface area contributed by atoms with Crippen LogP contribution in [0.1, 0.15) is 40.2 Å². The molecule has 102 valence electrons. The minimum Gasteiger partial charge on any atom is -0.293 e. The molecular weight excluding hydrogens is 427 g/mol. The van der Waals surface area contributed by atoms with Crippen LogP contribution in [0.2, 0.25) is 0 Å². The number of rotatable bonds is 2. The van der Waals surface area contributed by atoms with Crippen LogP contribution in [0.15, 0.2) is 46.9 Å². The van der Waals surface area contributed by atoms with E-state index in [9.17, 15) is 4.79 Å². The summed E-state index contributed by atoms with van der Waals surface area (Å²) < 4.78 is 1.99. The molecule has 0 saturated carbocycles. The predicted octanol–water partition coefficient (Wildman–Crippen LogP) is 5.36. The van der Waals surface area contributed by atoms with Crippen molar-refractivity contribution >= 4 is 44.3 Å². The molecule has 0 bridgehead atoms. The molecule has 0 radical (unpaired) electrons. The van der Waals surface area contributed by atoms with Gasteiger partial charge in [-0.1, -0.05) is 40.2 Å². The molecule has 1 nitrogen and oxygen atoms in total. The van der Waals surface area contributed by atoms with Crippen molar-refractivity contribution in [2.45, 2.75) is 25.2 Å². The smallest absolute Gasteiger partial charge is 0.171 e. The minimum atomic E-state index is 0.0164. The van der Waals surface area contributed by atoms with Crippen LogP contribution in [0.3, 0.4) is 0 Å². The van der Waals surface area contributed by atoms with Crippen molar-refractivity contribution in [1.29, 1.82) is 0 Å². The monoisotopic (exact) mass is 440 g/mol. The molecule has 3 heteroatoms. The van der Waals surface area contributed by atoms with Crippen LogP contribution in [0.4, 0.5) is 0 Å². The zero-order valence-corrected chi connectivity index (χ0v) is 14.6. The molecule has 2 aromatic carbocycles.